The van der Waals surface area contributed by atoms with E-state index < -0.39 is 15.8 Å². The number of rotatable bonds is 7. The molecule has 1 aromatic carbocycles. The van der Waals surface area contributed by atoms with E-state index in [0.29, 0.717) is 6.54 Å². The predicted molar refractivity (Wildman–Crippen MR) is 83.9 cm³/mol. The van der Waals surface area contributed by atoms with Crippen LogP contribution in [-0.4, -0.2) is 25.3 Å². The first-order chi connectivity index (χ1) is 9.73. The molecule has 1 aromatic rings. The maximum absolute atomic E-state index is 13.1. The lowest BCUT2D eigenvalue weighted by molar-refractivity contribution is 0.277. The van der Waals surface area contributed by atoms with Crippen molar-refractivity contribution in [1.82, 2.24) is 4.31 Å². The molecule has 0 amide bonds. The van der Waals surface area contributed by atoms with Crippen molar-refractivity contribution >= 4 is 15.7 Å². The van der Waals surface area contributed by atoms with Gasteiger partial charge in [0.15, 0.2) is 0 Å². The molecule has 0 aliphatic heterocycles. The Hall–Kier alpha value is -1.14. The van der Waals surface area contributed by atoms with Crippen LogP contribution in [-0.2, 0) is 10.0 Å². The Morgan fingerprint density at radius 3 is 2.24 bits per heavy atom. The minimum absolute atomic E-state index is 0.0172. The van der Waals surface area contributed by atoms with Gasteiger partial charge in [-0.05, 0) is 37.0 Å². The molecule has 0 aromatic heterocycles. The van der Waals surface area contributed by atoms with E-state index in [4.69, 9.17) is 5.73 Å². The summed E-state index contributed by atoms with van der Waals surface area (Å²) in [6.07, 6.45) is 1.45. The van der Waals surface area contributed by atoms with Gasteiger partial charge in [-0.25, -0.2) is 12.8 Å². The molecule has 0 bridgehead atoms. The minimum atomic E-state index is -3.73. The summed E-state index contributed by atoms with van der Waals surface area (Å²) in [7, 11) is -3.73. The molecular weight excluding hydrogens is 291 g/mol. The van der Waals surface area contributed by atoms with E-state index in [9.17, 15) is 12.8 Å². The number of hydrogen-bond donors (Lipinski definition) is 1. The van der Waals surface area contributed by atoms with Gasteiger partial charge in [0, 0.05) is 12.6 Å². The number of halogens is 1. The zero-order chi connectivity index (χ0) is 16.2. The number of nitrogens with zero attached hydrogens (tertiary/aromatic N) is 1. The molecule has 21 heavy (non-hydrogen) atoms. The first-order valence-corrected chi connectivity index (χ1v) is 8.74. The third-order valence-corrected chi connectivity index (χ3v) is 5.45. The zero-order valence-electron chi connectivity index (χ0n) is 13.1. The number of anilines is 1. The SMILES string of the molecule is CCC(CC)N(CC(C)C)S(=O)(=O)c1ccc(F)cc1N. The molecule has 120 valence electrons. The summed E-state index contributed by atoms with van der Waals surface area (Å²) in [5.41, 5.74) is 5.67. The van der Waals surface area contributed by atoms with E-state index in [0.717, 1.165) is 25.0 Å². The normalized spacial score (nSPS) is 12.6. The van der Waals surface area contributed by atoms with E-state index in [2.05, 4.69) is 0 Å². The van der Waals surface area contributed by atoms with Crippen LogP contribution in [0.15, 0.2) is 23.1 Å². The number of benzene rings is 1. The van der Waals surface area contributed by atoms with E-state index in [1.807, 2.05) is 27.7 Å². The molecule has 0 aliphatic carbocycles. The molecule has 0 fully saturated rings. The van der Waals surface area contributed by atoms with Crippen LogP contribution in [0.3, 0.4) is 0 Å². The van der Waals surface area contributed by atoms with Crippen LogP contribution in [0.2, 0.25) is 0 Å². The van der Waals surface area contributed by atoms with Gasteiger partial charge in [-0.3, -0.25) is 0 Å². The second-order valence-corrected chi connectivity index (χ2v) is 7.48. The highest BCUT2D eigenvalue weighted by Crippen LogP contribution is 2.27. The van der Waals surface area contributed by atoms with Crippen LogP contribution < -0.4 is 5.73 Å². The third kappa shape index (κ3) is 4.17. The van der Waals surface area contributed by atoms with Gasteiger partial charge in [-0.15, -0.1) is 0 Å². The van der Waals surface area contributed by atoms with Crippen LogP contribution in [0.25, 0.3) is 0 Å². The molecule has 1 rings (SSSR count). The quantitative estimate of drug-likeness (QED) is 0.785. The maximum Gasteiger partial charge on any atom is 0.245 e. The van der Waals surface area contributed by atoms with Crippen molar-refractivity contribution in [1.29, 1.82) is 0 Å². The molecule has 0 spiro atoms. The molecule has 0 unspecified atom stereocenters. The third-order valence-electron chi connectivity index (χ3n) is 3.45. The van der Waals surface area contributed by atoms with Gasteiger partial charge >= 0.3 is 0 Å². The Morgan fingerprint density at radius 1 is 1.24 bits per heavy atom. The van der Waals surface area contributed by atoms with Crippen molar-refractivity contribution in [2.24, 2.45) is 5.92 Å². The highest BCUT2D eigenvalue weighted by Gasteiger charge is 2.31. The van der Waals surface area contributed by atoms with Gasteiger partial charge < -0.3 is 5.73 Å². The van der Waals surface area contributed by atoms with Crippen molar-refractivity contribution in [3.05, 3.63) is 24.0 Å². The van der Waals surface area contributed by atoms with E-state index >= 15 is 0 Å². The smallest absolute Gasteiger partial charge is 0.245 e. The Labute approximate surface area is 127 Å². The highest BCUT2D eigenvalue weighted by molar-refractivity contribution is 7.89. The summed E-state index contributed by atoms with van der Waals surface area (Å²) in [6.45, 7) is 8.29. The lowest BCUT2D eigenvalue weighted by Crippen LogP contribution is -2.42. The Bertz CT molecular complexity index is 569. The van der Waals surface area contributed by atoms with Crippen LogP contribution in [0, 0.1) is 11.7 Å². The van der Waals surface area contributed by atoms with Crippen LogP contribution >= 0.6 is 0 Å². The van der Waals surface area contributed by atoms with E-state index in [-0.39, 0.29) is 22.5 Å². The molecular formula is C15H25FN2O2S. The predicted octanol–water partition coefficient (Wildman–Crippen LogP) is 3.24. The fourth-order valence-electron chi connectivity index (χ4n) is 2.38. The van der Waals surface area contributed by atoms with E-state index in [1.165, 1.54) is 10.4 Å². The minimum Gasteiger partial charge on any atom is -0.398 e. The van der Waals surface area contributed by atoms with Crippen molar-refractivity contribution in [3.8, 4) is 0 Å². The summed E-state index contributed by atoms with van der Waals surface area (Å²) < 4.78 is 40.4. The average molecular weight is 316 g/mol. The maximum atomic E-state index is 13.1. The highest BCUT2D eigenvalue weighted by atomic mass is 32.2. The van der Waals surface area contributed by atoms with Crippen LogP contribution in [0.5, 0.6) is 0 Å². The lowest BCUT2D eigenvalue weighted by Gasteiger charge is -2.31. The van der Waals surface area contributed by atoms with Gasteiger partial charge in [0.2, 0.25) is 10.0 Å². The number of nitrogen functional groups attached to an aromatic ring is 1. The summed E-state index contributed by atoms with van der Waals surface area (Å²) >= 11 is 0. The molecule has 0 heterocycles. The molecule has 2 N–H and O–H groups in total. The topological polar surface area (TPSA) is 63.4 Å². The van der Waals surface area contributed by atoms with Crippen molar-refractivity contribution in [2.45, 2.75) is 51.5 Å². The first-order valence-electron chi connectivity index (χ1n) is 7.30. The molecule has 0 aliphatic rings. The molecule has 0 saturated heterocycles. The summed E-state index contributed by atoms with van der Waals surface area (Å²) in [5.74, 6) is -0.341. The summed E-state index contributed by atoms with van der Waals surface area (Å²) in [6, 6.07) is 3.34. The Kier molecular flexibility index (Phi) is 6.16. The zero-order valence-corrected chi connectivity index (χ0v) is 14.0. The van der Waals surface area contributed by atoms with Gasteiger partial charge in [0.05, 0.1) is 5.69 Å². The lowest BCUT2D eigenvalue weighted by atomic mass is 10.1. The summed E-state index contributed by atoms with van der Waals surface area (Å²) in [4.78, 5) is -0.0172. The average Bonchev–Trinajstić information content (AvgIpc) is 2.38. The van der Waals surface area contributed by atoms with Gasteiger partial charge in [0.1, 0.15) is 10.7 Å². The Morgan fingerprint density at radius 2 is 1.81 bits per heavy atom. The largest absolute Gasteiger partial charge is 0.398 e. The fourth-order valence-corrected chi connectivity index (χ4v) is 4.41. The van der Waals surface area contributed by atoms with Gasteiger partial charge in [0.25, 0.3) is 0 Å². The van der Waals surface area contributed by atoms with Crippen molar-refractivity contribution in [3.63, 3.8) is 0 Å². The summed E-state index contributed by atoms with van der Waals surface area (Å²) in [5, 5.41) is 0. The van der Waals surface area contributed by atoms with Crippen LogP contribution in [0.4, 0.5) is 10.1 Å². The van der Waals surface area contributed by atoms with Gasteiger partial charge in [-0.2, -0.15) is 4.31 Å². The monoisotopic (exact) mass is 316 g/mol. The standard InChI is InChI=1S/C15H25FN2O2S/c1-5-13(6-2)18(10-11(3)4)21(19,20)15-8-7-12(16)9-14(15)17/h7-9,11,13H,5-6,10,17H2,1-4H3. The molecule has 4 nitrogen and oxygen atoms in total. The second kappa shape index (κ2) is 7.22. The fraction of sp³-hybridized carbons (Fsp3) is 0.600. The Balaban J connectivity index is 3.32. The van der Waals surface area contributed by atoms with Gasteiger partial charge in [-0.1, -0.05) is 27.7 Å². The van der Waals surface area contributed by atoms with Crippen LogP contribution in [0.1, 0.15) is 40.5 Å². The van der Waals surface area contributed by atoms with E-state index in [1.54, 1.807) is 0 Å². The number of sulfonamides is 1. The molecule has 6 heteroatoms. The second-order valence-electron chi connectivity index (χ2n) is 5.62. The molecule has 0 atom stereocenters. The number of nitrogens with two attached hydrogens (primary N) is 1. The molecule has 0 radical (unpaired) electrons. The first kappa shape index (κ1) is 17.9. The van der Waals surface area contributed by atoms with Crippen molar-refractivity contribution < 1.29 is 12.8 Å². The molecule has 0 saturated carbocycles. The number of hydrogen-bond acceptors (Lipinski definition) is 3. The van der Waals surface area contributed by atoms with Crippen molar-refractivity contribution in [2.75, 3.05) is 12.3 Å².